The van der Waals surface area contributed by atoms with Gasteiger partial charge in [0.15, 0.2) is 0 Å². The molecular weight excluding hydrogens is 463 g/mol. The third kappa shape index (κ3) is 6.90. The monoisotopic (exact) mass is 492 g/mol. The Bertz CT molecular complexity index is 927. The van der Waals surface area contributed by atoms with E-state index in [9.17, 15) is 9.59 Å². The molecule has 1 atom stereocenters. The molecule has 0 radical (unpaired) electrons. The number of carbonyl (C=O) groups is 2. The second-order valence-corrected chi connectivity index (χ2v) is 10.2. The molecule has 0 bridgehead atoms. The third-order valence-electron chi connectivity index (χ3n) is 5.84. The molecule has 1 saturated carbocycles. The maximum atomic E-state index is 13.2. The predicted molar refractivity (Wildman–Crippen MR) is 134 cm³/mol. The van der Waals surface area contributed by atoms with E-state index in [0.29, 0.717) is 15.6 Å². The van der Waals surface area contributed by atoms with Crippen molar-refractivity contribution in [1.29, 1.82) is 0 Å². The predicted octanol–water partition coefficient (Wildman–Crippen LogP) is 6.01. The average molecular weight is 494 g/mol. The summed E-state index contributed by atoms with van der Waals surface area (Å²) in [6.45, 7) is 4.03. The maximum absolute atomic E-state index is 13.2. The number of halogens is 2. The van der Waals surface area contributed by atoms with Gasteiger partial charge in [-0.2, -0.15) is 0 Å². The second-order valence-electron chi connectivity index (χ2n) is 8.37. The van der Waals surface area contributed by atoms with Crippen LogP contribution in [0.5, 0.6) is 0 Å². The summed E-state index contributed by atoms with van der Waals surface area (Å²) in [5, 5.41) is 4.10. The highest BCUT2D eigenvalue weighted by Crippen LogP contribution is 2.27. The number of rotatable bonds is 9. The van der Waals surface area contributed by atoms with Gasteiger partial charge in [0.2, 0.25) is 11.8 Å². The van der Waals surface area contributed by atoms with E-state index in [4.69, 9.17) is 23.2 Å². The Morgan fingerprint density at radius 1 is 1.12 bits per heavy atom. The van der Waals surface area contributed by atoms with Crippen molar-refractivity contribution < 1.29 is 9.59 Å². The standard InChI is InChI=1S/C25H30Cl2N2O2S/c1-17-7-5-8-19(13-17)15-32-16-24(30)29(14-21-22(26)11-6-12-23(21)27)18(2)25(31)28-20-9-3-4-10-20/h5-8,11-13,18,20H,3-4,9-10,14-16H2,1-2H3,(H,28,31). The van der Waals surface area contributed by atoms with Crippen LogP contribution in [-0.4, -0.2) is 34.6 Å². The highest BCUT2D eigenvalue weighted by Gasteiger charge is 2.29. The zero-order valence-corrected chi connectivity index (χ0v) is 20.9. The molecule has 1 N–H and O–H groups in total. The van der Waals surface area contributed by atoms with Crippen LogP contribution in [0.2, 0.25) is 10.0 Å². The number of carbonyl (C=O) groups excluding carboxylic acids is 2. The molecule has 2 aromatic rings. The molecule has 32 heavy (non-hydrogen) atoms. The van der Waals surface area contributed by atoms with Crippen LogP contribution < -0.4 is 5.32 Å². The van der Waals surface area contributed by atoms with Gasteiger partial charge in [0, 0.05) is 33.9 Å². The largest absolute Gasteiger partial charge is 0.352 e. The van der Waals surface area contributed by atoms with Crippen molar-refractivity contribution in [3.8, 4) is 0 Å². The Kier molecular flexibility index (Phi) is 9.33. The van der Waals surface area contributed by atoms with Crippen molar-refractivity contribution in [2.75, 3.05) is 5.75 Å². The molecule has 1 fully saturated rings. The highest BCUT2D eigenvalue weighted by atomic mass is 35.5. The molecule has 1 aliphatic carbocycles. The summed E-state index contributed by atoms with van der Waals surface area (Å²) in [7, 11) is 0. The van der Waals surface area contributed by atoms with Crippen LogP contribution in [0.4, 0.5) is 0 Å². The van der Waals surface area contributed by atoms with Gasteiger partial charge in [-0.3, -0.25) is 9.59 Å². The van der Waals surface area contributed by atoms with Crippen molar-refractivity contribution in [3.05, 3.63) is 69.2 Å². The van der Waals surface area contributed by atoms with Gasteiger partial charge >= 0.3 is 0 Å². The van der Waals surface area contributed by atoms with Crippen molar-refractivity contribution in [2.45, 2.75) is 63.9 Å². The molecule has 0 aromatic heterocycles. The average Bonchev–Trinajstić information content (AvgIpc) is 3.26. The van der Waals surface area contributed by atoms with E-state index < -0.39 is 6.04 Å². The third-order valence-corrected chi connectivity index (χ3v) is 7.53. The van der Waals surface area contributed by atoms with Gasteiger partial charge in [0.25, 0.3) is 0 Å². The lowest BCUT2D eigenvalue weighted by atomic mass is 10.1. The minimum Gasteiger partial charge on any atom is -0.352 e. The van der Waals surface area contributed by atoms with Crippen LogP contribution in [-0.2, 0) is 21.9 Å². The topological polar surface area (TPSA) is 49.4 Å². The first-order valence-electron chi connectivity index (χ1n) is 11.0. The normalized spacial score (nSPS) is 14.9. The number of nitrogens with zero attached hydrogens (tertiary/aromatic N) is 1. The van der Waals surface area contributed by atoms with Gasteiger partial charge in [-0.25, -0.2) is 0 Å². The molecular formula is C25H30Cl2N2O2S. The number of thioether (sulfide) groups is 1. The van der Waals surface area contributed by atoms with Gasteiger partial charge in [0.05, 0.1) is 5.75 Å². The number of benzene rings is 2. The molecule has 0 spiro atoms. The van der Waals surface area contributed by atoms with Crippen molar-refractivity contribution in [1.82, 2.24) is 10.2 Å². The number of amides is 2. The lowest BCUT2D eigenvalue weighted by molar-refractivity contribution is -0.138. The molecule has 7 heteroatoms. The fraction of sp³-hybridized carbons (Fsp3) is 0.440. The molecule has 172 valence electrons. The molecule has 4 nitrogen and oxygen atoms in total. The van der Waals surface area contributed by atoms with E-state index in [-0.39, 0.29) is 30.2 Å². The van der Waals surface area contributed by atoms with Crippen LogP contribution in [0.1, 0.15) is 49.3 Å². The van der Waals surface area contributed by atoms with E-state index in [1.54, 1.807) is 41.8 Å². The Hall–Kier alpha value is -1.69. The summed E-state index contributed by atoms with van der Waals surface area (Å²) >= 11 is 14.3. The number of aryl methyl sites for hydroxylation is 1. The molecule has 3 rings (SSSR count). The summed E-state index contributed by atoms with van der Waals surface area (Å²) in [6, 6.07) is 13.1. The lowest BCUT2D eigenvalue weighted by Gasteiger charge is -2.30. The van der Waals surface area contributed by atoms with E-state index in [2.05, 4.69) is 30.4 Å². The van der Waals surface area contributed by atoms with Gasteiger partial charge in [-0.05, 0) is 44.4 Å². The summed E-state index contributed by atoms with van der Waals surface area (Å²) in [4.78, 5) is 27.8. The summed E-state index contributed by atoms with van der Waals surface area (Å²) in [5.74, 6) is 0.776. The zero-order chi connectivity index (χ0) is 23.1. The summed E-state index contributed by atoms with van der Waals surface area (Å²) in [6.07, 6.45) is 4.25. The second kappa shape index (κ2) is 12.0. The van der Waals surface area contributed by atoms with Crippen LogP contribution in [0.15, 0.2) is 42.5 Å². The molecule has 2 aromatic carbocycles. The molecule has 0 heterocycles. The smallest absolute Gasteiger partial charge is 0.242 e. The fourth-order valence-electron chi connectivity index (χ4n) is 3.97. The number of hydrogen-bond donors (Lipinski definition) is 1. The summed E-state index contributed by atoms with van der Waals surface area (Å²) in [5.41, 5.74) is 3.03. The van der Waals surface area contributed by atoms with Gasteiger partial charge in [0.1, 0.15) is 6.04 Å². The molecule has 1 unspecified atom stereocenters. The fourth-order valence-corrected chi connectivity index (χ4v) is 5.34. The Morgan fingerprint density at radius 2 is 1.78 bits per heavy atom. The van der Waals surface area contributed by atoms with Crippen LogP contribution in [0.25, 0.3) is 0 Å². The quantitative estimate of drug-likeness (QED) is 0.466. The van der Waals surface area contributed by atoms with Crippen molar-refractivity contribution in [3.63, 3.8) is 0 Å². The van der Waals surface area contributed by atoms with Crippen LogP contribution in [0, 0.1) is 6.92 Å². The van der Waals surface area contributed by atoms with Crippen molar-refractivity contribution >= 4 is 46.8 Å². The van der Waals surface area contributed by atoms with E-state index in [1.165, 1.54) is 11.1 Å². The summed E-state index contributed by atoms with van der Waals surface area (Å²) < 4.78 is 0. The maximum Gasteiger partial charge on any atom is 0.242 e. The molecule has 0 saturated heterocycles. The number of nitrogens with one attached hydrogen (secondary N) is 1. The Labute approximate surface area is 205 Å². The number of hydrogen-bond acceptors (Lipinski definition) is 3. The van der Waals surface area contributed by atoms with E-state index in [1.807, 2.05) is 6.07 Å². The van der Waals surface area contributed by atoms with Gasteiger partial charge < -0.3 is 10.2 Å². The Balaban J connectivity index is 1.70. The highest BCUT2D eigenvalue weighted by molar-refractivity contribution is 7.99. The zero-order valence-electron chi connectivity index (χ0n) is 18.6. The van der Waals surface area contributed by atoms with E-state index >= 15 is 0 Å². The first kappa shape index (κ1) is 24.9. The van der Waals surface area contributed by atoms with Gasteiger partial charge in [-0.15, -0.1) is 11.8 Å². The molecule has 0 aliphatic heterocycles. The van der Waals surface area contributed by atoms with Gasteiger partial charge in [-0.1, -0.05) is 71.9 Å². The first-order chi connectivity index (χ1) is 15.3. The van der Waals surface area contributed by atoms with E-state index in [0.717, 1.165) is 31.4 Å². The molecule has 2 amide bonds. The van der Waals surface area contributed by atoms with Crippen LogP contribution >= 0.6 is 35.0 Å². The lowest BCUT2D eigenvalue weighted by Crippen LogP contribution is -2.50. The Morgan fingerprint density at radius 3 is 2.44 bits per heavy atom. The van der Waals surface area contributed by atoms with Crippen molar-refractivity contribution in [2.24, 2.45) is 0 Å². The SMILES string of the molecule is Cc1cccc(CSCC(=O)N(Cc2c(Cl)cccc2Cl)C(C)C(=O)NC2CCCC2)c1. The minimum absolute atomic E-state index is 0.104. The first-order valence-corrected chi connectivity index (χ1v) is 12.9. The minimum atomic E-state index is -0.616. The van der Waals surface area contributed by atoms with Crippen LogP contribution in [0.3, 0.4) is 0 Å². The molecule has 1 aliphatic rings.